The second kappa shape index (κ2) is 6.00. The molecule has 3 aromatic rings. The third-order valence-electron chi connectivity index (χ3n) is 5.57. The summed E-state index contributed by atoms with van der Waals surface area (Å²) in [6.07, 6.45) is 2.62. The molecule has 2 bridgehead atoms. The van der Waals surface area contributed by atoms with Crippen LogP contribution in [0, 0.1) is 18.6 Å². The molecule has 0 radical (unpaired) electrons. The van der Waals surface area contributed by atoms with Gasteiger partial charge in [-0.15, -0.1) is 0 Å². The number of ether oxygens (including phenoxy) is 1. The zero-order valence-corrected chi connectivity index (χ0v) is 14.8. The van der Waals surface area contributed by atoms with Gasteiger partial charge in [-0.3, -0.25) is 4.90 Å². The number of hydrogen-bond donors (Lipinski definition) is 1. The van der Waals surface area contributed by atoms with Crippen LogP contribution in [0.4, 0.5) is 8.78 Å². The normalized spacial score (nSPS) is 24.2. The van der Waals surface area contributed by atoms with Crippen LogP contribution in [0.3, 0.4) is 0 Å². The first-order chi connectivity index (χ1) is 13.0. The molecule has 5 rings (SSSR count). The van der Waals surface area contributed by atoms with E-state index in [4.69, 9.17) is 4.74 Å². The van der Waals surface area contributed by atoms with Crippen LogP contribution >= 0.6 is 0 Å². The molecule has 5 nitrogen and oxygen atoms in total. The monoisotopic (exact) mass is 371 g/mol. The van der Waals surface area contributed by atoms with Crippen LogP contribution in [0.1, 0.15) is 11.3 Å². The zero-order chi connectivity index (χ0) is 18.7. The van der Waals surface area contributed by atoms with Crippen molar-refractivity contribution >= 4 is 5.65 Å². The number of rotatable bonds is 3. The SMILES string of the molecule is Cc1ccn2c(C[C@H]3[C@@H]4CN3CCO4)c(-c3c(F)cc(O)cc3F)nc2c1. The van der Waals surface area contributed by atoms with Gasteiger partial charge >= 0.3 is 0 Å². The Balaban J connectivity index is 1.67. The highest BCUT2D eigenvalue weighted by Crippen LogP contribution is 2.35. The van der Waals surface area contributed by atoms with Gasteiger partial charge in [0, 0.05) is 43.9 Å². The van der Waals surface area contributed by atoms with Crippen LogP contribution < -0.4 is 0 Å². The molecular weight excluding hydrogens is 352 g/mol. The van der Waals surface area contributed by atoms with E-state index in [0.717, 1.165) is 43.1 Å². The van der Waals surface area contributed by atoms with Gasteiger partial charge in [0.1, 0.15) is 23.0 Å². The van der Waals surface area contributed by atoms with Crippen molar-refractivity contribution in [3.05, 3.63) is 53.4 Å². The molecule has 0 spiro atoms. The molecule has 7 heteroatoms. The topological polar surface area (TPSA) is 50.0 Å². The molecule has 2 aromatic heterocycles. The van der Waals surface area contributed by atoms with E-state index in [9.17, 15) is 13.9 Å². The summed E-state index contributed by atoms with van der Waals surface area (Å²) in [5.74, 6) is -2.08. The number of fused-ring (bicyclic) bond motifs is 3. The minimum Gasteiger partial charge on any atom is -0.508 e. The van der Waals surface area contributed by atoms with E-state index in [0.29, 0.717) is 12.1 Å². The van der Waals surface area contributed by atoms with Crippen LogP contribution in [0.5, 0.6) is 5.75 Å². The molecule has 1 aromatic carbocycles. The van der Waals surface area contributed by atoms with Crippen molar-refractivity contribution in [2.45, 2.75) is 25.5 Å². The van der Waals surface area contributed by atoms with Gasteiger partial charge in [0.25, 0.3) is 0 Å². The first-order valence-electron chi connectivity index (χ1n) is 9.03. The predicted molar refractivity (Wildman–Crippen MR) is 95.8 cm³/mol. The Morgan fingerprint density at radius 3 is 2.70 bits per heavy atom. The lowest BCUT2D eigenvalue weighted by Crippen LogP contribution is -2.66. The van der Waals surface area contributed by atoms with Crippen LogP contribution in [0.15, 0.2) is 30.5 Å². The average Bonchev–Trinajstić information content (AvgIpc) is 2.96. The third kappa shape index (κ3) is 2.61. The Bertz CT molecular complexity index is 1010. The number of halogens is 2. The van der Waals surface area contributed by atoms with E-state index in [1.54, 1.807) is 0 Å². The maximum Gasteiger partial charge on any atom is 0.139 e. The number of nitrogens with zero attached hydrogens (tertiary/aromatic N) is 3. The fourth-order valence-electron chi connectivity index (χ4n) is 4.16. The van der Waals surface area contributed by atoms with Gasteiger partial charge in [0.15, 0.2) is 0 Å². The van der Waals surface area contributed by atoms with E-state index in [-0.39, 0.29) is 23.4 Å². The highest BCUT2D eigenvalue weighted by atomic mass is 19.1. The van der Waals surface area contributed by atoms with Crippen molar-refractivity contribution in [2.24, 2.45) is 0 Å². The summed E-state index contributed by atoms with van der Waals surface area (Å²) in [5.41, 5.74) is 2.49. The summed E-state index contributed by atoms with van der Waals surface area (Å²) in [7, 11) is 0. The summed E-state index contributed by atoms with van der Waals surface area (Å²) in [5, 5.41) is 9.48. The van der Waals surface area contributed by atoms with Gasteiger partial charge in [-0.05, 0) is 24.6 Å². The van der Waals surface area contributed by atoms with Crippen LogP contribution in [0.2, 0.25) is 0 Å². The lowest BCUT2D eigenvalue weighted by atomic mass is 9.91. The predicted octanol–water partition coefficient (Wildman–Crippen LogP) is 2.92. The molecule has 1 unspecified atom stereocenters. The van der Waals surface area contributed by atoms with Crippen molar-refractivity contribution in [3.63, 3.8) is 0 Å². The molecule has 27 heavy (non-hydrogen) atoms. The quantitative estimate of drug-likeness (QED) is 0.769. The number of benzene rings is 1. The zero-order valence-electron chi connectivity index (χ0n) is 14.8. The maximum absolute atomic E-state index is 14.6. The van der Waals surface area contributed by atoms with Gasteiger partial charge in [0.2, 0.25) is 0 Å². The number of phenols is 1. The molecular formula is C20H19F2N3O2. The van der Waals surface area contributed by atoms with Crippen LogP contribution in [-0.4, -0.2) is 51.2 Å². The summed E-state index contributed by atoms with van der Waals surface area (Å²) in [6.45, 7) is 4.44. The molecule has 2 fully saturated rings. The fraction of sp³-hybridized carbons (Fsp3) is 0.350. The second-order valence-corrected chi connectivity index (χ2v) is 7.30. The van der Waals surface area contributed by atoms with E-state index in [1.165, 1.54) is 0 Å². The number of aromatic nitrogens is 2. The number of pyridine rings is 1. The van der Waals surface area contributed by atoms with E-state index >= 15 is 0 Å². The summed E-state index contributed by atoms with van der Waals surface area (Å²) in [6, 6.07) is 5.86. The second-order valence-electron chi connectivity index (χ2n) is 7.30. The van der Waals surface area contributed by atoms with Crippen LogP contribution in [0.25, 0.3) is 16.9 Å². The number of morpholine rings is 2. The van der Waals surface area contributed by atoms with Crippen molar-refractivity contribution in [2.75, 3.05) is 19.7 Å². The Morgan fingerprint density at radius 2 is 2.04 bits per heavy atom. The number of phenolic OH excluding ortho intramolecular Hbond substituents is 1. The lowest BCUT2D eigenvalue weighted by molar-refractivity contribution is -0.159. The highest BCUT2D eigenvalue weighted by Gasteiger charge is 2.43. The van der Waals surface area contributed by atoms with Gasteiger partial charge < -0.3 is 14.2 Å². The van der Waals surface area contributed by atoms with Gasteiger partial charge in [-0.2, -0.15) is 0 Å². The number of imidazole rings is 1. The highest BCUT2D eigenvalue weighted by molar-refractivity contribution is 5.69. The first kappa shape index (κ1) is 16.6. The van der Waals surface area contributed by atoms with Gasteiger partial charge in [0.05, 0.1) is 29.7 Å². The van der Waals surface area contributed by atoms with E-state index < -0.39 is 17.4 Å². The number of aryl methyl sites for hydroxylation is 1. The molecule has 0 saturated carbocycles. The van der Waals surface area contributed by atoms with Crippen molar-refractivity contribution in [3.8, 4) is 17.0 Å². The first-order valence-corrected chi connectivity index (χ1v) is 9.03. The molecule has 2 aliphatic heterocycles. The van der Waals surface area contributed by atoms with E-state index in [1.807, 2.05) is 29.7 Å². The lowest BCUT2D eigenvalue weighted by Gasteiger charge is -2.52. The number of aromatic hydroxyl groups is 1. The molecule has 1 N–H and O–H groups in total. The van der Waals surface area contributed by atoms with Gasteiger partial charge in [-0.1, -0.05) is 0 Å². The summed E-state index contributed by atoms with van der Waals surface area (Å²) in [4.78, 5) is 6.87. The van der Waals surface area contributed by atoms with Crippen molar-refractivity contribution in [1.29, 1.82) is 0 Å². The third-order valence-corrected chi connectivity index (χ3v) is 5.57. The molecule has 3 atom stereocenters. The standard InChI is InChI=1S/C20H19F2N3O2/c1-11-2-3-25-16(9-15-17-10-24(15)4-5-27-17)20(23-18(25)6-11)19-13(21)7-12(26)8-14(19)22/h2-3,6-8,15,17,26H,4-5,9-10H2,1H3/t15-,17-/m0/s1. The smallest absolute Gasteiger partial charge is 0.139 e. The average molecular weight is 371 g/mol. The number of hydrogen-bond acceptors (Lipinski definition) is 4. The molecule has 0 amide bonds. The maximum atomic E-state index is 14.6. The Morgan fingerprint density at radius 1 is 1.26 bits per heavy atom. The Labute approximate surface area is 154 Å². The molecule has 2 aliphatic rings. The Kier molecular flexibility index (Phi) is 3.70. The largest absolute Gasteiger partial charge is 0.508 e. The molecule has 4 heterocycles. The Hall–Kier alpha value is -2.51. The van der Waals surface area contributed by atoms with E-state index in [2.05, 4.69) is 9.88 Å². The molecule has 140 valence electrons. The van der Waals surface area contributed by atoms with Crippen molar-refractivity contribution < 1.29 is 18.6 Å². The summed E-state index contributed by atoms with van der Waals surface area (Å²) >= 11 is 0. The summed E-state index contributed by atoms with van der Waals surface area (Å²) < 4.78 is 36.8. The minimum absolute atomic E-state index is 0.150. The van der Waals surface area contributed by atoms with Crippen LogP contribution in [-0.2, 0) is 11.2 Å². The molecule has 2 saturated heterocycles. The fourth-order valence-corrected chi connectivity index (χ4v) is 4.16. The minimum atomic E-state index is -0.820. The van der Waals surface area contributed by atoms with Gasteiger partial charge in [-0.25, -0.2) is 13.8 Å². The molecule has 0 aliphatic carbocycles. The van der Waals surface area contributed by atoms with Crippen molar-refractivity contribution in [1.82, 2.24) is 14.3 Å².